The van der Waals surface area contributed by atoms with Crippen LogP contribution in [0.15, 0.2) is 60.7 Å². The second kappa shape index (κ2) is 11.6. The van der Waals surface area contributed by atoms with E-state index in [1.165, 1.54) is 13.2 Å². The maximum Gasteiger partial charge on any atom is 0.337 e. The molecule has 1 fully saturated rings. The molecule has 0 N–H and O–H groups in total. The lowest BCUT2D eigenvalue weighted by atomic mass is 9.97. The van der Waals surface area contributed by atoms with Crippen LogP contribution in [0.3, 0.4) is 0 Å². The third-order valence-corrected chi connectivity index (χ3v) is 8.61. The molecule has 1 saturated heterocycles. The van der Waals surface area contributed by atoms with Crippen molar-refractivity contribution in [3.63, 3.8) is 0 Å². The van der Waals surface area contributed by atoms with Crippen LogP contribution >= 0.6 is 11.6 Å². The minimum atomic E-state index is -0.570. The molecule has 2 atom stereocenters. The number of halogens is 2. The molecule has 7 rings (SSSR count). The van der Waals surface area contributed by atoms with Gasteiger partial charge >= 0.3 is 5.97 Å². The van der Waals surface area contributed by atoms with Crippen LogP contribution in [0.4, 0.5) is 4.39 Å². The molecule has 0 radical (unpaired) electrons. The van der Waals surface area contributed by atoms with Crippen molar-refractivity contribution in [2.24, 2.45) is 0 Å². The van der Waals surface area contributed by atoms with Gasteiger partial charge in [0.15, 0.2) is 17.6 Å². The maximum atomic E-state index is 14.7. The van der Waals surface area contributed by atoms with Crippen molar-refractivity contribution in [3.05, 3.63) is 94.0 Å². The number of nitrogens with zero attached hydrogens (tertiary/aromatic N) is 3. The second-order valence-corrected chi connectivity index (χ2v) is 11.5. The lowest BCUT2D eigenvalue weighted by Gasteiger charge is -2.31. The summed E-state index contributed by atoms with van der Waals surface area (Å²) in [4.78, 5) is 19.5. The topological polar surface area (TPSA) is 75.0 Å². The van der Waals surface area contributed by atoms with Crippen LogP contribution in [0.1, 0.15) is 46.3 Å². The molecule has 4 aromatic rings. The average Bonchev–Trinajstić information content (AvgIpc) is 3.34. The van der Waals surface area contributed by atoms with E-state index in [2.05, 4.69) is 15.5 Å². The van der Waals surface area contributed by atoms with Gasteiger partial charge in [0.05, 0.1) is 42.9 Å². The molecule has 3 aliphatic rings. The van der Waals surface area contributed by atoms with Gasteiger partial charge in [-0.2, -0.15) is 0 Å². The van der Waals surface area contributed by atoms with Crippen molar-refractivity contribution in [1.82, 2.24) is 14.5 Å². The fourth-order valence-electron chi connectivity index (χ4n) is 5.94. The highest BCUT2D eigenvalue weighted by Gasteiger charge is 2.29. The van der Waals surface area contributed by atoms with Gasteiger partial charge in [-0.25, -0.2) is 14.2 Å². The van der Waals surface area contributed by atoms with Crippen LogP contribution in [0.5, 0.6) is 11.5 Å². The molecule has 3 aromatic carbocycles. The van der Waals surface area contributed by atoms with Crippen molar-refractivity contribution >= 4 is 34.2 Å². The number of hydrogen-bond donors (Lipinski definition) is 0. The Balaban J connectivity index is 1.11. The molecule has 0 unspecified atom stereocenters. The summed E-state index contributed by atoms with van der Waals surface area (Å²) in [5, 5.41) is 0.342. The molecule has 3 aliphatic heterocycles. The van der Waals surface area contributed by atoms with Crippen molar-refractivity contribution in [2.75, 3.05) is 33.4 Å². The fraction of sp³-hybridized carbons (Fsp3) is 0.333. The molecular weight excluding hydrogens is 573 g/mol. The number of methoxy groups -OCH3 is 1. The SMILES string of the molecule is COC(=O)c1ccc2nc(CN3CC=C(c4cccc5c4O[C@@H](c4ccc(Cl)cc4F)CO5)CC3)n(C[C@@H]3CCO3)c2c1. The number of fused-ring (bicyclic) bond motifs is 2. The normalized spacial score (nSPS) is 20.0. The van der Waals surface area contributed by atoms with Gasteiger partial charge in [0.25, 0.3) is 0 Å². The maximum absolute atomic E-state index is 14.7. The quantitative estimate of drug-likeness (QED) is 0.233. The number of carbonyl (C=O) groups excluding carboxylic acids is 1. The van der Waals surface area contributed by atoms with E-state index in [9.17, 15) is 9.18 Å². The van der Waals surface area contributed by atoms with E-state index in [4.69, 9.17) is 35.5 Å². The summed E-state index contributed by atoms with van der Waals surface area (Å²) < 4.78 is 39.9. The van der Waals surface area contributed by atoms with E-state index in [0.717, 1.165) is 60.5 Å². The summed E-state index contributed by atoms with van der Waals surface area (Å²) in [7, 11) is 1.39. The number of benzene rings is 3. The average molecular weight is 604 g/mol. The number of ether oxygens (including phenoxy) is 4. The van der Waals surface area contributed by atoms with Crippen molar-refractivity contribution in [1.29, 1.82) is 0 Å². The van der Waals surface area contributed by atoms with Crippen molar-refractivity contribution in [3.8, 4) is 11.5 Å². The molecule has 0 spiro atoms. The molecule has 0 amide bonds. The third kappa shape index (κ3) is 5.48. The molecule has 10 heteroatoms. The molecule has 1 aromatic heterocycles. The number of hydrogen-bond acceptors (Lipinski definition) is 7. The minimum absolute atomic E-state index is 0.141. The predicted octanol–water partition coefficient (Wildman–Crippen LogP) is 6.21. The zero-order valence-corrected chi connectivity index (χ0v) is 24.5. The highest BCUT2D eigenvalue weighted by atomic mass is 35.5. The summed E-state index contributed by atoms with van der Waals surface area (Å²) in [6.07, 6.45) is 3.59. The summed E-state index contributed by atoms with van der Waals surface area (Å²) >= 11 is 5.96. The van der Waals surface area contributed by atoms with E-state index in [0.29, 0.717) is 40.7 Å². The van der Waals surface area contributed by atoms with E-state index in [1.807, 2.05) is 30.3 Å². The van der Waals surface area contributed by atoms with Crippen LogP contribution in [-0.2, 0) is 22.6 Å². The zero-order chi connectivity index (χ0) is 29.5. The lowest BCUT2D eigenvalue weighted by Crippen LogP contribution is -2.33. The largest absolute Gasteiger partial charge is 0.485 e. The molecular formula is C33H31ClFN3O5. The predicted molar refractivity (Wildman–Crippen MR) is 160 cm³/mol. The van der Waals surface area contributed by atoms with E-state index < -0.39 is 11.9 Å². The standard InChI is InChI=1S/C33H31ClFN3O5/c1-40-33(39)21-5-8-27-28(15-21)38(17-23-11-14-41-23)31(36-27)18-37-12-9-20(10-13-37)24-3-2-4-29-32(24)43-30(19-42-29)25-7-6-22(34)16-26(25)35/h2-9,15-16,23,30H,10-14,17-19H2,1H3/t23-,30+/m0/s1. The van der Waals surface area contributed by atoms with E-state index >= 15 is 0 Å². The van der Waals surface area contributed by atoms with Crippen LogP contribution < -0.4 is 9.47 Å². The van der Waals surface area contributed by atoms with Gasteiger partial charge in [0.2, 0.25) is 0 Å². The molecule has 43 heavy (non-hydrogen) atoms. The van der Waals surface area contributed by atoms with Gasteiger partial charge in [-0.1, -0.05) is 35.9 Å². The first kappa shape index (κ1) is 27.9. The van der Waals surface area contributed by atoms with Gasteiger partial charge in [0.1, 0.15) is 18.2 Å². The zero-order valence-electron chi connectivity index (χ0n) is 23.7. The summed E-state index contributed by atoms with van der Waals surface area (Å²) in [6, 6.07) is 16.0. The smallest absolute Gasteiger partial charge is 0.337 e. The highest BCUT2D eigenvalue weighted by molar-refractivity contribution is 6.30. The first-order valence-corrected chi connectivity index (χ1v) is 14.8. The van der Waals surface area contributed by atoms with Crippen molar-refractivity contribution < 1.29 is 28.1 Å². The van der Waals surface area contributed by atoms with Crippen LogP contribution in [0, 0.1) is 5.82 Å². The van der Waals surface area contributed by atoms with Gasteiger partial charge in [-0.15, -0.1) is 0 Å². The Morgan fingerprint density at radius 1 is 1.19 bits per heavy atom. The van der Waals surface area contributed by atoms with Crippen LogP contribution in [-0.4, -0.2) is 59.9 Å². The Labute approximate surface area is 253 Å². The Morgan fingerprint density at radius 3 is 2.81 bits per heavy atom. The van der Waals surface area contributed by atoms with Gasteiger partial charge in [-0.3, -0.25) is 4.90 Å². The minimum Gasteiger partial charge on any atom is -0.485 e. The molecule has 222 valence electrons. The number of para-hydroxylation sites is 1. The number of esters is 1. The molecule has 0 aliphatic carbocycles. The van der Waals surface area contributed by atoms with Crippen LogP contribution in [0.2, 0.25) is 5.02 Å². The van der Waals surface area contributed by atoms with E-state index in [-0.39, 0.29) is 18.7 Å². The molecule has 0 bridgehead atoms. The summed E-state index contributed by atoms with van der Waals surface area (Å²) in [5.41, 5.74) is 4.79. The first-order valence-electron chi connectivity index (χ1n) is 14.4. The second-order valence-electron chi connectivity index (χ2n) is 11.0. The summed E-state index contributed by atoms with van der Waals surface area (Å²) in [5.74, 6) is 1.45. The first-order chi connectivity index (χ1) is 21.0. The number of imidazole rings is 1. The number of aromatic nitrogens is 2. The number of carbonyl (C=O) groups is 1. The summed E-state index contributed by atoms with van der Waals surface area (Å²) in [6.45, 7) is 3.88. The molecule has 0 saturated carbocycles. The van der Waals surface area contributed by atoms with E-state index in [1.54, 1.807) is 18.2 Å². The molecule has 8 nitrogen and oxygen atoms in total. The third-order valence-electron chi connectivity index (χ3n) is 8.37. The highest BCUT2D eigenvalue weighted by Crippen LogP contribution is 2.43. The Kier molecular flexibility index (Phi) is 7.55. The Bertz CT molecular complexity index is 1730. The monoisotopic (exact) mass is 603 g/mol. The molecule has 4 heterocycles. The Morgan fingerprint density at radius 2 is 2.07 bits per heavy atom. The number of rotatable bonds is 7. The fourth-order valence-corrected chi connectivity index (χ4v) is 6.09. The van der Waals surface area contributed by atoms with Gasteiger partial charge in [0, 0.05) is 35.8 Å². The lowest BCUT2D eigenvalue weighted by molar-refractivity contribution is -0.0591. The van der Waals surface area contributed by atoms with Gasteiger partial charge < -0.3 is 23.5 Å². The van der Waals surface area contributed by atoms with Gasteiger partial charge in [-0.05, 0) is 54.8 Å². The van der Waals surface area contributed by atoms with Crippen LogP contribution in [0.25, 0.3) is 16.6 Å². The Hall–Kier alpha value is -3.92. The van der Waals surface area contributed by atoms with Crippen molar-refractivity contribution in [2.45, 2.75) is 38.1 Å².